The second kappa shape index (κ2) is 5.65. The molecule has 0 saturated carbocycles. The molecule has 124 valence electrons. The van der Waals surface area contributed by atoms with E-state index in [4.69, 9.17) is 0 Å². The number of hydrogen-bond acceptors (Lipinski definition) is 6. The van der Waals surface area contributed by atoms with Gasteiger partial charge >= 0.3 is 0 Å². The minimum atomic E-state index is -0.466. The Bertz CT molecular complexity index is 1040. The molecule has 1 aliphatic carbocycles. The number of nitrogens with zero attached hydrogens (tertiary/aromatic N) is 4. The molecule has 0 radical (unpaired) electrons. The number of fused-ring (bicyclic) bond motifs is 2. The van der Waals surface area contributed by atoms with Gasteiger partial charge in [-0.2, -0.15) is 15.9 Å². The Morgan fingerprint density at radius 2 is 2.04 bits per heavy atom. The van der Waals surface area contributed by atoms with Crippen LogP contribution in [0.15, 0.2) is 53.2 Å². The fourth-order valence-electron chi connectivity index (χ4n) is 3.34. The summed E-state index contributed by atoms with van der Waals surface area (Å²) < 4.78 is 1.73. The lowest BCUT2D eigenvalue weighted by molar-refractivity contribution is 0.165. The van der Waals surface area contributed by atoms with Gasteiger partial charge in [0, 0.05) is 17.4 Å². The van der Waals surface area contributed by atoms with E-state index < -0.39 is 6.10 Å². The Labute approximate surface area is 147 Å². The summed E-state index contributed by atoms with van der Waals surface area (Å²) in [7, 11) is 0. The number of hydrogen-bond donors (Lipinski definition) is 2. The summed E-state index contributed by atoms with van der Waals surface area (Å²) in [5, 5.41) is 30.9. The van der Waals surface area contributed by atoms with Gasteiger partial charge in [-0.25, -0.2) is 0 Å². The molecule has 0 aliphatic heterocycles. The molecule has 0 amide bonds. The maximum atomic E-state index is 10.4. The monoisotopic (exact) mass is 349 g/mol. The van der Waals surface area contributed by atoms with E-state index in [2.05, 4.69) is 32.7 Å². The second-order valence-electron chi connectivity index (χ2n) is 6.12. The molecule has 5 rings (SSSR count). The van der Waals surface area contributed by atoms with Gasteiger partial charge in [0.25, 0.3) is 0 Å². The summed E-state index contributed by atoms with van der Waals surface area (Å²) in [6, 6.07) is 13.7. The van der Waals surface area contributed by atoms with Crippen molar-refractivity contribution in [1.29, 1.82) is 0 Å². The molecule has 1 aromatic carbocycles. The van der Waals surface area contributed by atoms with Gasteiger partial charge in [-0.3, -0.25) is 0 Å². The Hall–Kier alpha value is -2.77. The van der Waals surface area contributed by atoms with Gasteiger partial charge in [-0.1, -0.05) is 24.3 Å². The second-order valence-corrected chi connectivity index (χ2v) is 6.90. The van der Waals surface area contributed by atoms with E-state index in [9.17, 15) is 5.11 Å². The van der Waals surface area contributed by atoms with Crippen LogP contribution < -0.4 is 5.32 Å². The van der Waals surface area contributed by atoms with Crippen LogP contribution >= 0.6 is 11.3 Å². The lowest BCUT2D eigenvalue weighted by Crippen LogP contribution is -2.22. The van der Waals surface area contributed by atoms with E-state index in [1.54, 1.807) is 15.9 Å². The fourth-order valence-corrected chi connectivity index (χ4v) is 3.98. The average molecular weight is 349 g/mol. The normalized spacial score (nSPS) is 19.2. The molecular formula is C18H15N5OS. The largest absolute Gasteiger partial charge is 0.390 e. The van der Waals surface area contributed by atoms with Crippen LogP contribution in [0, 0.1) is 0 Å². The predicted octanol–water partition coefficient (Wildman–Crippen LogP) is 2.92. The lowest BCUT2D eigenvalue weighted by Gasteiger charge is -2.18. The smallest absolute Gasteiger partial charge is 0.186 e. The molecule has 2 unspecified atom stereocenters. The van der Waals surface area contributed by atoms with Crippen LogP contribution in [0.1, 0.15) is 17.2 Å². The zero-order valence-corrected chi connectivity index (χ0v) is 14.0. The van der Waals surface area contributed by atoms with E-state index in [0.717, 1.165) is 11.1 Å². The predicted molar refractivity (Wildman–Crippen MR) is 96.6 cm³/mol. The van der Waals surface area contributed by atoms with Crippen molar-refractivity contribution in [2.24, 2.45) is 0 Å². The van der Waals surface area contributed by atoms with Crippen molar-refractivity contribution in [2.75, 3.05) is 5.32 Å². The zero-order valence-electron chi connectivity index (χ0n) is 13.2. The molecular weight excluding hydrogens is 334 g/mol. The first-order valence-corrected chi connectivity index (χ1v) is 9.01. The lowest BCUT2D eigenvalue weighted by atomic mass is 10.1. The van der Waals surface area contributed by atoms with Crippen LogP contribution in [0.2, 0.25) is 0 Å². The third-order valence-electron chi connectivity index (χ3n) is 4.55. The van der Waals surface area contributed by atoms with Crippen LogP contribution in [-0.4, -0.2) is 31.0 Å². The molecule has 7 heteroatoms. The molecule has 1 aliphatic rings. The SMILES string of the molecule is OC1Cc2ccccc2C1Nc1ccc2nnc(-c3ccsc3)n2n1. The molecule has 25 heavy (non-hydrogen) atoms. The molecule has 3 aromatic heterocycles. The molecule has 0 bridgehead atoms. The van der Waals surface area contributed by atoms with Crippen molar-refractivity contribution in [3.05, 3.63) is 64.4 Å². The number of aromatic nitrogens is 4. The Balaban J connectivity index is 1.53. The van der Waals surface area contributed by atoms with Crippen LogP contribution in [-0.2, 0) is 6.42 Å². The molecule has 0 saturated heterocycles. The maximum absolute atomic E-state index is 10.4. The summed E-state index contributed by atoms with van der Waals surface area (Å²) >= 11 is 1.61. The quantitative estimate of drug-likeness (QED) is 0.595. The van der Waals surface area contributed by atoms with Gasteiger partial charge in [-0.05, 0) is 34.7 Å². The Morgan fingerprint density at radius 1 is 1.12 bits per heavy atom. The molecule has 2 N–H and O–H groups in total. The topological polar surface area (TPSA) is 75.3 Å². The van der Waals surface area contributed by atoms with Crippen molar-refractivity contribution in [1.82, 2.24) is 19.8 Å². The van der Waals surface area contributed by atoms with Gasteiger partial charge in [0.15, 0.2) is 11.5 Å². The molecule has 0 spiro atoms. The Kier molecular flexibility index (Phi) is 3.29. The van der Waals surface area contributed by atoms with E-state index in [1.807, 2.05) is 41.1 Å². The number of nitrogens with one attached hydrogen (secondary N) is 1. The minimum absolute atomic E-state index is 0.165. The summed E-state index contributed by atoms with van der Waals surface area (Å²) in [6.07, 6.45) is 0.190. The average Bonchev–Trinajstić information content (AvgIpc) is 3.34. The molecule has 2 atom stereocenters. The van der Waals surface area contributed by atoms with Gasteiger partial charge in [0.05, 0.1) is 12.1 Å². The summed E-state index contributed by atoms with van der Waals surface area (Å²) in [4.78, 5) is 0. The van der Waals surface area contributed by atoms with Gasteiger partial charge in [0.2, 0.25) is 0 Å². The van der Waals surface area contributed by atoms with E-state index >= 15 is 0 Å². The highest BCUT2D eigenvalue weighted by Crippen LogP contribution is 2.33. The zero-order chi connectivity index (χ0) is 16.8. The summed E-state index contributed by atoms with van der Waals surface area (Å²) in [5.74, 6) is 1.40. The van der Waals surface area contributed by atoms with Crippen LogP contribution in [0.25, 0.3) is 17.0 Å². The van der Waals surface area contributed by atoms with Crippen LogP contribution in [0.3, 0.4) is 0 Å². The Morgan fingerprint density at radius 3 is 2.92 bits per heavy atom. The van der Waals surface area contributed by atoms with Crippen molar-refractivity contribution < 1.29 is 5.11 Å². The molecule has 3 heterocycles. The van der Waals surface area contributed by atoms with Crippen molar-refractivity contribution >= 4 is 22.8 Å². The standard InChI is InChI=1S/C18H15N5OS/c24-14-9-11-3-1-2-4-13(11)17(14)19-15-5-6-16-20-21-18(23(16)22-15)12-7-8-25-10-12/h1-8,10,14,17,24H,9H2,(H,19,22). The van der Waals surface area contributed by atoms with Gasteiger partial charge in [0.1, 0.15) is 5.82 Å². The number of aliphatic hydroxyl groups excluding tert-OH is 1. The molecule has 4 aromatic rings. The van der Waals surface area contributed by atoms with E-state index in [-0.39, 0.29) is 6.04 Å². The first kappa shape index (κ1) is 14.6. The minimum Gasteiger partial charge on any atom is -0.390 e. The van der Waals surface area contributed by atoms with Gasteiger partial charge < -0.3 is 10.4 Å². The summed E-state index contributed by atoms with van der Waals surface area (Å²) in [5.41, 5.74) is 3.99. The van der Waals surface area contributed by atoms with Crippen LogP contribution in [0.4, 0.5) is 5.82 Å². The maximum Gasteiger partial charge on any atom is 0.186 e. The molecule has 6 nitrogen and oxygen atoms in total. The first-order valence-electron chi connectivity index (χ1n) is 8.07. The molecule has 0 fully saturated rings. The number of benzene rings is 1. The van der Waals surface area contributed by atoms with Crippen molar-refractivity contribution in [2.45, 2.75) is 18.6 Å². The van der Waals surface area contributed by atoms with Gasteiger partial charge in [-0.15, -0.1) is 15.3 Å². The van der Waals surface area contributed by atoms with E-state index in [0.29, 0.717) is 23.7 Å². The number of thiophene rings is 1. The number of aliphatic hydroxyl groups is 1. The number of anilines is 1. The van der Waals surface area contributed by atoms with E-state index in [1.165, 1.54) is 5.56 Å². The highest BCUT2D eigenvalue weighted by molar-refractivity contribution is 7.08. The number of rotatable bonds is 3. The fraction of sp³-hybridized carbons (Fsp3) is 0.167. The summed E-state index contributed by atoms with van der Waals surface area (Å²) in [6.45, 7) is 0. The highest BCUT2D eigenvalue weighted by Gasteiger charge is 2.31. The highest BCUT2D eigenvalue weighted by atomic mass is 32.1. The van der Waals surface area contributed by atoms with Crippen molar-refractivity contribution in [3.8, 4) is 11.4 Å². The third kappa shape index (κ3) is 2.40. The first-order chi connectivity index (χ1) is 12.3. The third-order valence-corrected chi connectivity index (χ3v) is 5.23. The van der Waals surface area contributed by atoms with Crippen LogP contribution in [0.5, 0.6) is 0 Å². The van der Waals surface area contributed by atoms with Crippen molar-refractivity contribution in [3.63, 3.8) is 0 Å².